The van der Waals surface area contributed by atoms with Crippen molar-refractivity contribution in [3.05, 3.63) is 29.8 Å². The normalized spacial score (nSPS) is 16.9. The second-order valence-electron chi connectivity index (χ2n) is 6.67. The molecule has 0 amide bonds. The number of nitrogens with zero attached hydrogens (tertiary/aromatic N) is 2. The van der Waals surface area contributed by atoms with Crippen LogP contribution in [0.15, 0.2) is 29.3 Å². The largest absolute Gasteiger partial charge is 0.497 e. The minimum atomic E-state index is 0. The SMILES string of the molecule is CCNC(=NCCc1ccc(OC)cc1)N1CCC(C)(C)C1.I. The van der Waals surface area contributed by atoms with Crippen molar-refractivity contribution in [2.75, 3.05) is 33.3 Å². The maximum Gasteiger partial charge on any atom is 0.193 e. The van der Waals surface area contributed by atoms with E-state index in [1.807, 2.05) is 12.1 Å². The van der Waals surface area contributed by atoms with Crippen LogP contribution in [-0.2, 0) is 6.42 Å². The summed E-state index contributed by atoms with van der Waals surface area (Å²) in [5.74, 6) is 1.96. The van der Waals surface area contributed by atoms with Crippen molar-refractivity contribution in [1.29, 1.82) is 0 Å². The zero-order valence-electron chi connectivity index (χ0n) is 14.8. The van der Waals surface area contributed by atoms with Crippen molar-refractivity contribution in [2.45, 2.75) is 33.6 Å². The van der Waals surface area contributed by atoms with Gasteiger partial charge in [-0.25, -0.2) is 0 Å². The molecule has 0 spiro atoms. The third-order valence-corrected chi connectivity index (χ3v) is 4.13. The molecule has 0 aromatic heterocycles. The Morgan fingerprint density at radius 1 is 1.30 bits per heavy atom. The topological polar surface area (TPSA) is 36.9 Å². The number of methoxy groups -OCH3 is 1. The van der Waals surface area contributed by atoms with Crippen LogP contribution in [0.5, 0.6) is 5.75 Å². The lowest BCUT2D eigenvalue weighted by Crippen LogP contribution is -2.40. The molecular formula is C18H30IN3O. The molecule has 0 radical (unpaired) electrons. The molecule has 1 aromatic carbocycles. The zero-order chi connectivity index (χ0) is 16.0. The van der Waals surface area contributed by atoms with Crippen LogP contribution in [0.25, 0.3) is 0 Å². The summed E-state index contributed by atoms with van der Waals surface area (Å²) in [5.41, 5.74) is 1.69. The molecule has 1 aliphatic heterocycles. The van der Waals surface area contributed by atoms with E-state index in [9.17, 15) is 0 Å². The van der Waals surface area contributed by atoms with Crippen LogP contribution in [-0.4, -0.2) is 44.1 Å². The van der Waals surface area contributed by atoms with Gasteiger partial charge in [0.2, 0.25) is 0 Å². The third kappa shape index (κ3) is 6.20. The molecule has 1 heterocycles. The zero-order valence-corrected chi connectivity index (χ0v) is 17.1. The first-order chi connectivity index (χ1) is 10.5. The van der Waals surface area contributed by atoms with Crippen molar-refractivity contribution < 1.29 is 4.74 Å². The molecule has 1 saturated heterocycles. The molecule has 0 aliphatic carbocycles. The highest BCUT2D eigenvalue weighted by atomic mass is 127. The number of nitrogens with one attached hydrogen (secondary N) is 1. The molecule has 0 atom stereocenters. The van der Waals surface area contributed by atoms with Crippen LogP contribution < -0.4 is 10.1 Å². The molecule has 2 rings (SSSR count). The number of aliphatic imine (C=N–C) groups is 1. The first-order valence-corrected chi connectivity index (χ1v) is 8.20. The summed E-state index contributed by atoms with van der Waals surface area (Å²) in [6.07, 6.45) is 2.19. The van der Waals surface area contributed by atoms with Gasteiger partial charge in [-0.05, 0) is 42.9 Å². The maximum absolute atomic E-state index is 5.19. The number of ether oxygens (including phenoxy) is 1. The first kappa shape index (κ1) is 20.1. The summed E-state index contributed by atoms with van der Waals surface area (Å²) in [4.78, 5) is 7.19. The van der Waals surface area contributed by atoms with Crippen LogP contribution in [0.2, 0.25) is 0 Å². The van der Waals surface area contributed by atoms with Crippen LogP contribution in [0, 0.1) is 5.41 Å². The molecule has 0 bridgehead atoms. The molecule has 4 nitrogen and oxygen atoms in total. The number of hydrogen-bond acceptors (Lipinski definition) is 2. The summed E-state index contributed by atoms with van der Waals surface area (Å²) in [6, 6.07) is 8.24. The van der Waals surface area contributed by atoms with Gasteiger partial charge in [-0.3, -0.25) is 4.99 Å². The quantitative estimate of drug-likeness (QED) is 0.440. The van der Waals surface area contributed by atoms with Crippen LogP contribution in [0.1, 0.15) is 32.8 Å². The van der Waals surface area contributed by atoms with E-state index >= 15 is 0 Å². The number of hydrogen-bond donors (Lipinski definition) is 1. The summed E-state index contributed by atoms with van der Waals surface area (Å²) in [5, 5.41) is 3.42. The number of rotatable bonds is 5. The predicted octanol–water partition coefficient (Wildman–Crippen LogP) is 3.55. The summed E-state index contributed by atoms with van der Waals surface area (Å²) >= 11 is 0. The van der Waals surface area contributed by atoms with Gasteiger partial charge in [-0.2, -0.15) is 0 Å². The molecule has 1 aliphatic rings. The minimum absolute atomic E-state index is 0. The molecular weight excluding hydrogens is 401 g/mol. The second-order valence-corrected chi connectivity index (χ2v) is 6.67. The van der Waals surface area contributed by atoms with E-state index in [4.69, 9.17) is 9.73 Å². The van der Waals surface area contributed by atoms with Crippen LogP contribution in [0.4, 0.5) is 0 Å². The Bertz CT molecular complexity index is 499. The standard InChI is InChI=1S/C18H29N3O.HI/c1-5-19-17(21-13-11-18(2,3)14-21)20-12-10-15-6-8-16(22-4)9-7-15;/h6-9H,5,10-14H2,1-4H3,(H,19,20);1H. The van der Waals surface area contributed by atoms with Crippen molar-refractivity contribution in [1.82, 2.24) is 10.2 Å². The lowest BCUT2D eigenvalue weighted by atomic mass is 9.93. The smallest absolute Gasteiger partial charge is 0.193 e. The molecule has 130 valence electrons. The molecule has 0 saturated carbocycles. The monoisotopic (exact) mass is 431 g/mol. The Morgan fingerprint density at radius 2 is 2.00 bits per heavy atom. The summed E-state index contributed by atoms with van der Waals surface area (Å²) in [6.45, 7) is 10.7. The minimum Gasteiger partial charge on any atom is -0.497 e. The Labute approximate surface area is 157 Å². The van der Waals surface area contributed by atoms with Crippen LogP contribution >= 0.6 is 24.0 Å². The van der Waals surface area contributed by atoms with Gasteiger partial charge in [0, 0.05) is 26.2 Å². The maximum atomic E-state index is 5.19. The fraction of sp³-hybridized carbons (Fsp3) is 0.611. The molecule has 5 heteroatoms. The fourth-order valence-corrected chi connectivity index (χ4v) is 2.80. The third-order valence-electron chi connectivity index (χ3n) is 4.13. The molecule has 1 fully saturated rings. The van der Waals surface area contributed by atoms with Gasteiger partial charge in [-0.15, -0.1) is 24.0 Å². The van der Waals surface area contributed by atoms with E-state index in [-0.39, 0.29) is 24.0 Å². The number of guanidine groups is 1. The highest BCUT2D eigenvalue weighted by Crippen LogP contribution is 2.28. The van der Waals surface area contributed by atoms with Gasteiger partial charge >= 0.3 is 0 Å². The highest BCUT2D eigenvalue weighted by molar-refractivity contribution is 14.0. The Kier molecular flexibility index (Phi) is 8.16. The average molecular weight is 431 g/mol. The van der Waals surface area contributed by atoms with Gasteiger partial charge in [0.15, 0.2) is 5.96 Å². The van der Waals surface area contributed by atoms with Gasteiger partial charge in [0.05, 0.1) is 7.11 Å². The molecule has 0 unspecified atom stereocenters. The first-order valence-electron chi connectivity index (χ1n) is 8.20. The number of benzene rings is 1. The van der Waals surface area contributed by atoms with Crippen molar-refractivity contribution >= 4 is 29.9 Å². The molecule has 1 N–H and O–H groups in total. The van der Waals surface area contributed by atoms with Crippen molar-refractivity contribution in [3.8, 4) is 5.75 Å². The van der Waals surface area contributed by atoms with E-state index in [1.54, 1.807) is 7.11 Å². The lowest BCUT2D eigenvalue weighted by molar-refractivity contribution is 0.370. The molecule has 23 heavy (non-hydrogen) atoms. The lowest BCUT2D eigenvalue weighted by Gasteiger charge is -2.23. The summed E-state index contributed by atoms with van der Waals surface area (Å²) in [7, 11) is 1.69. The highest BCUT2D eigenvalue weighted by Gasteiger charge is 2.30. The van der Waals surface area contributed by atoms with E-state index in [1.165, 1.54) is 12.0 Å². The molecule has 1 aromatic rings. The fourth-order valence-electron chi connectivity index (χ4n) is 2.80. The van der Waals surface area contributed by atoms with Gasteiger partial charge in [0.1, 0.15) is 5.75 Å². The van der Waals surface area contributed by atoms with Crippen LogP contribution in [0.3, 0.4) is 0 Å². The van der Waals surface area contributed by atoms with Gasteiger partial charge in [-0.1, -0.05) is 26.0 Å². The van der Waals surface area contributed by atoms with E-state index in [0.29, 0.717) is 5.41 Å². The summed E-state index contributed by atoms with van der Waals surface area (Å²) < 4.78 is 5.19. The number of halogens is 1. The van der Waals surface area contributed by atoms with Gasteiger partial charge in [0.25, 0.3) is 0 Å². The second kappa shape index (κ2) is 9.35. The predicted molar refractivity (Wildman–Crippen MR) is 108 cm³/mol. The Balaban J connectivity index is 0.00000264. The van der Waals surface area contributed by atoms with E-state index in [0.717, 1.165) is 44.3 Å². The van der Waals surface area contributed by atoms with Gasteiger partial charge < -0.3 is 15.0 Å². The van der Waals surface area contributed by atoms with E-state index in [2.05, 4.69) is 43.1 Å². The number of likely N-dealkylation sites (tertiary alicyclic amines) is 1. The Morgan fingerprint density at radius 3 is 2.52 bits per heavy atom. The van der Waals surface area contributed by atoms with Crippen molar-refractivity contribution in [3.63, 3.8) is 0 Å². The van der Waals surface area contributed by atoms with E-state index < -0.39 is 0 Å². The van der Waals surface area contributed by atoms with Crippen molar-refractivity contribution in [2.24, 2.45) is 10.4 Å². The Hall–Kier alpha value is -0.980. The average Bonchev–Trinajstić information content (AvgIpc) is 2.87.